The highest BCUT2D eigenvalue weighted by atomic mass is 32.2. The van der Waals surface area contributed by atoms with E-state index in [9.17, 15) is 26.7 Å². The predicted octanol–water partition coefficient (Wildman–Crippen LogP) is 4.14. The topological polar surface area (TPSA) is 66.4 Å². The SMILES string of the molecule is CC(Cc1ccc(S(=O)(=O)C(C)C)cc1)NCC(O)c1cccc(C(F)(F)F)c1. The molecule has 0 radical (unpaired) electrons. The lowest BCUT2D eigenvalue weighted by atomic mass is 10.0. The minimum atomic E-state index is -4.45. The largest absolute Gasteiger partial charge is 0.416 e. The molecule has 0 aliphatic carbocycles. The Morgan fingerprint density at radius 2 is 1.66 bits per heavy atom. The number of nitrogens with one attached hydrogen (secondary N) is 1. The molecule has 0 bridgehead atoms. The first kappa shape index (κ1) is 23.4. The van der Waals surface area contributed by atoms with E-state index in [1.54, 1.807) is 38.1 Å². The highest BCUT2D eigenvalue weighted by molar-refractivity contribution is 7.92. The quantitative estimate of drug-likeness (QED) is 0.662. The normalized spacial score (nSPS) is 14.8. The number of hydrogen-bond acceptors (Lipinski definition) is 4. The lowest BCUT2D eigenvalue weighted by molar-refractivity contribution is -0.137. The van der Waals surface area contributed by atoms with E-state index in [0.717, 1.165) is 17.7 Å². The maximum atomic E-state index is 12.8. The van der Waals surface area contributed by atoms with Gasteiger partial charge in [-0.05, 0) is 62.6 Å². The summed E-state index contributed by atoms with van der Waals surface area (Å²) in [5.74, 6) is 0. The Morgan fingerprint density at radius 1 is 1.03 bits per heavy atom. The van der Waals surface area contributed by atoms with E-state index in [0.29, 0.717) is 6.42 Å². The van der Waals surface area contributed by atoms with Crippen molar-refractivity contribution in [2.24, 2.45) is 0 Å². The number of sulfone groups is 1. The summed E-state index contributed by atoms with van der Waals surface area (Å²) in [5.41, 5.74) is 0.322. The minimum absolute atomic E-state index is 0.0667. The molecule has 0 amide bonds. The van der Waals surface area contributed by atoms with E-state index < -0.39 is 32.9 Å². The highest BCUT2D eigenvalue weighted by Crippen LogP contribution is 2.30. The zero-order valence-electron chi connectivity index (χ0n) is 16.6. The molecule has 0 aliphatic heterocycles. The molecule has 0 spiro atoms. The fourth-order valence-electron chi connectivity index (χ4n) is 2.87. The van der Waals surface area contributed by atoms with Gasteiger partial charge in [0.15, 0.2) is 9.84 Å². The second-order valence-electron chi connectivity index (χ2n) is 7.39. The predicted molar refractivity (Wildman–Crippen MR) is 106 cm³/mol. The van der Waals surface area contributed by atoms with Crippen LogP contribution in [0.25, 0.3) is 0 Å². The molecule has 0 fully saturated rings. The number of aliphatic hydroxyl groups is 1. The number of aliphatic hydroxyl groups excluding tert-OH is 1. The van der Waals surface area contributed by atoms with Gasteiger partial charge in [-0.15, -0.1) is 0 Å². The van der Waals surface area contributed by atoms with Crippen LogP contribution >= 0.6 is 0 Å². The van der Waals surface area contributed by atoms with Crippen LogP contribution in [0.5, 0.6) is 0 Å². The molecule has 2 unspecified atom stereocenters. The molecule has 2 aromatic carbocycles. The summed E-state index contributed by atoms with van der Waals surface area (Å²) in [6.45, 7) is 5.25. The molecule has 2 aromatic rings. The number of halogens is 3. The molecule has 0 aromatic heterocycles. The molecule has 2 atom stereocenters. The fraction of sp³-hybridized carbons (Fsp3) is 0.429. The molecular weight excluding hydrogens is 403 g/mol. The second kappa shape index (κ2) is 9.28. The summed E-state index contributed by atoms with van der Waals surface area (Å²) in [5, 5.41) is 12.8. The molecule has 0 saturated carbocycles. The van der Waals surface area contributed by atoms with Gasteiger partial charge >= 0.3 is 6.18 Å². The molecule has 0 aliphatic rings. The van der Waals surface area contributed by atoms with Crippen molar-refractivity contribution in [3.05, 3.63) is 65.2 Å². The van der Waals surface area contributed by atoms with Crippen molar-refractivity contribution in [3.63, 3.8) is 0 Å². The van der Waals surface area contributed by atoms with Gasteiger partial charge in [-0.25, -0.2) is 8.42 Å². The van der Waals surface area contributed by atoms with Crippen molar-refractivity contribution in [1.29, 1.82) is 0 Å². The van der Waals surface area contributed by atoms with Crippen LogP contribution in [0.1, 0.15) is 43.6 Å². The van der Waals surface area contributed by atoms with Gasteiger partial charge in [-0.1, -0.05) is 24.3 Å². The van der Waals surface area contributed by atoms with Crippen molar-refractivity contribution in [3.8, 4) is 0 Å². The second-order valence-corrected chi connectivity index (χ2v) is 9.89. The van der Waals surface area contributed by atoms with Gasteiger partial charge in [0.1, 0.15) is 0 Å². The van der Waals surface area contributed by atoms with Crippen LogP contribution in [0.2, 0.25) is 0 Å². The van der Waals surface area contributed by atoms with E-state index >= 15 is 0 Å². The number of alkyl halides is 3. The van der Waals surface area contributed by atoms with E-state index in [-0.39, 0.29) is 23.0 Å². The van der Waals surface area contributed by atoms with Crippen LogP contribution in [0.4, 0.5) is 13.2 Å². The first-order valence-electron chi connectivity index (χ1n) is 9.32. The van der Waals surface area contributed by atoms with Gasteiger partial charge in [-0.3, -0.25) is 0 Å². The Labute approximate surface area is 169 Å². The van der Waals surface area contributed by atoms with Crippen molar-refractivity contribution in [2.75, 3.05) is 6.54 Å². The van der Waals surface area contributed by atoms with E-state index in [1.165, 1.54) is 12.1 Å². The van der Waals surface area contributed by atoms with Gasteiger partial charge in [0.2, 0.25) is 0 Å². The van der Waals surface area contributed by atoms with Crippen LogP contribution in [-0.4, -0.2) is 31.4 Å². The number of rotatable bonds is 8. The molecule has 0 heterocycles. The van der Waals surface area contributed by atoms with Gasteiger partial charge < -0.3 is 10.4 Å². The van der Waals surface area contributed by atoms with Gasteiger partial charge in [0.05, 0.1) is 21.8 Å². The summed E-state index contributed by atoms with van der Waals surface area (Å²) in [6, 6.07) is 11.2. The Balaban J connectivity index is 1.94. The molecule has 4 nitrogen and oxygen atoms in total. The molecule has 2 N–H and O–H groups in total. The molecule has 0 saturated heterocycles. The first-order valence-corrected chi connectivity index (χ1v) is 10.9. The molecule has 29 heavy (non-hydrogen) atoms. The third kappa shape index (κ3) is 6.29. The van der Waals surface area contributed by atoms with Crippen molar-refractivity contribution in [1.82, 2.24) is 5.32 Å². The zero-order chi connectivity index (χ0) is 21.8. The third-order valence-corrected chi connectivity index (χ3v) is 6.84. The van der Waals surface area contributed by atoms with Crippen LogP contribution in [-0.2, 0) is 22.4 Å². The molecule has 2 rings (SSSR count). The minimum Gasteiger partial charge on any atom is -0.387 e. The monoisotopic (exact) mass is 429 g/mol. The van der Waals surface area contributed by atoms with Crippen LogP contribution < -0.4 is 5.32 Å². The van der Waals surface area contributed by atoms with Crippen molar-refractivity contribution >= 4 is 9.84 Å². The maximum absolute atomic E-state index is 12.8. The van der Waals surface area contributed by atoms with Crippen LogP contribution in [0.15, 0.2) is 53.4 Å². The first-order chi connectivity index (χ1) is 13.4. The van der Waals surface area contributed by atoms with Crippen LogP contribution in [0, 0.1) is 0 Å². The third-order valence-electron chi connectivity index (χ3n) is 4.67. The fourth-order valence-corrected chi connectivity index (χ4v) is 3.93. The van der Waals surface area contributed by atoms with E-state index in [2.05, 4.69) is 5.32 Å². The lowest BCUT2D eigenvalue weighted by Crippen LogP contribution is -2.32. The summed E-state index contributed by atoms with van der Waals surface area (Å²) in [6.07, 6.45) is -4.94. The Kier molecular flexibility index (Phi) is 7.48. The van der Waals surface area contributed by atoms with Gasteiger partial charge in [0, 0.05) is 12.6 Å². The Bertz CT molecular complexity index is 910. The van der Waals surface area contributed by atoms with Gasteiger partial charge in [0.25, 0.3) is 0 Å². The zero-order valence-corrected chi connectivity index (χ0v) is 17.4. The number of hydrogen-bond donors (Lipinski definition) is 2. The Hall–Kier alpha value is -1.90. The standard InChI is InChI=1S/C21H26F3NO3S/c1-14(2)29(27,28)19-9-7-16(8-10-19)11-15(3)25-13-20(26)17-5-4-6-18(12-17)21(22,23)24/h4-10,12,14-15,20,25-26H,11,13H2,1-3H3. The van der Waals surface area contributed by atoms with Gasteiger partial charge in [-0.2, -0.15) is 13.2 Å². The maximum Gasteiger partial charge on any atom is 0.416 e. The lowest BCUT2D eigenvalue weighted by Gasteiger charge is -2.18. The average Bonchev–Trinajstić information content (AvgIpc) is 2.66. The summed E-state index contributed by atoms with van der Waals surface area (Å²) >= 11 is 0. The Morgan fingerprint density at radius 3 is 2.21 bits per heavy atom. The summed E-state index contributed by atoms with van der Waals surface area (Å²) in [4.78, 5) is 0.275. The molecular formula is C21H26F3NO3S. The smallest absolute Gasteiger partial charge is 0.387 e. The molecule has 8 heteroatoms. The van der Waals surface area contributed by atoms with Crippen molar-refractivity contribution < 1.29 is 26.7 Å². The van der Waals surface area contributed by atoms with E-state index in [4.69, 9.17) is 0 Å². The van der Waals surface area contributed by atoms with Crippen molar-refractivity contribution in [2.45, 2.75) is 55.7 Å². The average molecular weight is 430 g/mol. The van der Waals surface area contributed by atoms with E-state index in [1.807, 2.05) is 6.92 Å². The number of benzene rings is 2. The highest BCUT2D eigenvalue weighted by Gasteiger charge is 2.30. The summed E-state index contributed by atoms with van der Waals surface area (Å²) < 4.78 is 62.7. The molecule has 160 valence electrons. The van der Waals surface area contributed by atoms with Crippen LogP contribution in [0.3, 0.4) is 0 Å². The summed E-state index contributed by atoms with van der Waals surface area (Å²) in [7, 11) is -3.32.